The van der Waals surface area contributed by atoms with E-state index in [9.17, 15) is 0 Å². The molecule has 0 spiro atoms. The zero-order valence-corrected chi connectivity index (χ0v) is 13.0. The number of aryl methyl sites for hydroxylation is 1. The predicted molar refractivity (Wildman–Crippen MR) is 77.9 cm³/mol. The van der Waals surface area contributed by atoms with Crippen molar-refractivity contribution in [2.75, 3.05) is 12.5 Å². The molecule has 0 aromatic carbocycles. The fraction of sp³-hybridized carbons (Fsp3) is 0.714. The van der Waals surface area contributed by atoms with Gasteiger partial charge >= 0.3 is 0 Å². The molecule has 0 aliphatic heterocycles. The Hall–Kier alpha value is -1.20. The van der Waals surface area contributed by atoms with Crippen LogP contribution in [0.2, 0.25) is 0 Å². The minimum absolute atomic E-state index is 0.0770. The topological polar surface area (TPSA) is 73.1 Å². The fourth-order valence-electron chi connectivity index (χ4n) is 2.37. The van der Waals surface area contributed by atoms with Gasteiger partial charge in [0.15, 0.2) is 5.82 Å². The van der Waals surface area contributed by atoms with Crippen LogP contribution < -0.4 is 11.3 Å². The number of aromatic nitrogens is 2. The first kappa shape index (κ1) is 15.9. The Morgan fingerprint density at radius 1 is 1.21 bits per heavy atom. The smallest absolute Gasteiger partial charge is 0.160 e. The van der Waals surface area contributed by atoms with Crippen LogP contribution in [0.3, 0.4) is 0 Å². The lowest BCUT2D eigenvalue weighted by Crippen LogP contribution is -2.24. The number of rotatable bonds is 4. The minimum Gasteiger partial charge on any atom is -0.373 e. The Morgan fingerprint density at radius 2 is 1.79 bits per heavy atom. The lowest BCUT2D eigenvalue weighted by molar-refractivity contribution is 0.00861. The monoisotopic (exact) mass is 266 g/mol. The quantitative estimate of drug-likeness (QED) is 0.647. The van der Waals surface area contributed by atoms with Gasteiger partial charge in [0.1, 0.15) is 11.9 Å². The largest absolute Gasteiger partial charge is 0.373 e. The molecule has 1 aromatic heterocycles. The highest BCUT2D eigenvalue weighted by Gasteiger charge is 2.30. The molecule has 3 N–H and O–H groups in total. The molecule has 5 heteroatoms. The molecule has 1 heterocycles. The second-order valence-electron chi connectivity index (χ2n) is 6.21. The van der Waals surface area contributed by atoms with Gasteiger partial charge in [-0.3, -0.25) is 0 Å². The third-order valence-corrected chi connectivity index (χ3v) is 3.12. The predicted octanol–water partition coefficient (Wildman–Crippen LogP) is 2.93. The summed E-state index contributed by atoms with van der Waals surface area (Å²) < 4.78 is 5.56. The summed E-state index contributed by atoms with van der Waals surface area (Å²) in [6, 6.07) is 0. The van der Waals surface area contributed by atoms with Crippen molar-refractivity contribution < 1.29 is 4.74 Å². The third-order valence-electron chi connectivity index (χ3n) is 3.12. The van der Waals surface area contributed by atoms with Crippen LogP contribution in [0.1, 0.15) is 63.7 Å². The summed E-state index contributed by atoms with van der Waals surface area (Å²) in [5.74, 6) is 7.27. The number of methoxy groups -OCH3 is 1. The van der Waals surface area contributed by atoms with E-state index in [0.717, 1.165) is 11.3 Å². The van der Waals surface area contributed by atoms with Crippen LogP contribution in [0, 0.1) is 12.3 Å². The summed E-state index contributed by atoms with van der Waals surface area (Å²) in [4.78, 5) is 9.15. The number of hydrogen-bond donors (Lipinski definition) is 2. The van der Waals surface area contributed by atoms with Crippen LogP contribution in [-0.2, 0) is 4.74 Å². The second-order valence-corrected chi connectivity index (χ2v) is 6.21. The number of nitrogen functional groups attached to an aromatic ring is 1. The normalized spacial score (nSPS) is 13.7. The van der Waals surface area contributed by atoms with Crippen LogP contribution in [0.25, 0.3) is 0 Å². The van der Waals surface area contributed by atoms with Crippen molar-refractivity contribution in [1.29, 1.82) is 0 Å². The maximum atomic E-state index is 5.60. The van der Waals surface area contributed by atoms with E-state index in [-0.39, 0.29) is 11.5 Å². The summed E-state index contributed by atoms with van der Waals surface area (Å²) in [5, 5.41) is 0. The van der Waals surface area contributed by atoms with Gasteiger partial charge in [0.25, 0.3) is 0 Å². The molecule has 0 amide bonds. The van der Waals surface area contributed by atoms with E-state index >= 15 is 0 Å². The van der Waals surface area contributed by atoms with Crippen molar-refractivity contribution >= 4 is 5.82 Å². The van der Waals surface area contributed by atoms with Gasteiger partial charge in [-0.25, -0.2) is 15.8 Å². The van der Waals surface area contributed by atoms with Gasteiger partial charge in [-0.15, -0.1) is 0 Å². The first-order chi connectivity index (χ1) is 8.72. The van der Waals surface area contributed by atoms with Crippen molar-refractivity contribution in [2.24, 2.45) is 11.3 Å². The average molecular weight is 266 g/mol. The summed E-state index contributed by atoms with van der Waals surface area (Å²) in [6.07, 6.45) is -0.167. The number of hydrazine groups is 1. The Kier molecular flexibility index (Phi) is 4.87. The van der Waals surface area contributed by atoms with Crippen molar-refractivity contribution in [3.63, 3.8) is 0 Å². The number of ether oxygens (including phenoxy) is 1. The van der Waals surface area contributed by atoms with Gasteiger partial charge in [-0.2, -0.15) is 0 Å². The van der Waals surface area contributed by atoms with Gasteiger partial charge in [0.05, 0.1) is 0 Å². The van der Waals surface area contributed by atoms with Crippen LogP contribution in [0.4, 0.5) is 5.82 Å². The van der Waals surface area contributed by atoms with E-state index in [1.165, 1.54) is 0 Å². The molecule has 0 aliphatic carbocycles. The Balaban J connectivity index is 3.36. The van der Waals surface area contributed by atoms with Gasteiger partial charge in [-0.1, -0.05) is 34.6 Å². The average Bonchev–Trinajstić information content (AvgIpc) is 2.26. The van der Waals surface area contributed by atoms with Crippen molar-refractivity contribution in [3.05, 3.63) is 17.1 Å². The van der Waals surface area contributed by atoms with E-state index in [0.29, 0.717) is 17.6 Å². The highest BCUT2D eigenvalue weighted by Crippen LogP contribution is 2.35. The van der Waals surface area contributed by atoms with Crippen molar-refractivity contribution in [2.45, 2.75) is 53.6 Å². The van der Waals surface area contributed by atoms with Gasteiger partial charge in [-0.05, 0) is 18.3 Å². The summed E-state index contributed by atoms with van der Waals surface area (Å²) in [6.45, 7) is 12.5. The molecule has 1 aromatic rings. The molecular formula is C14H26N4O. The molecule has 0 saturated heterocycles. The van der Waals surface area contributed by atoms with Gasteiger partial charge in [0.2, 0.25) is 0 Å². The fourth-order valence-corrected chi connectivity index (χ4v) is 2.37. The molecule has 0 fully saturated rings. The second kappa shape index (κ2) is 5.84. The highest BCUT2D eigenvalue weighted by molar-refractivity contribution is 5.47. The van der Waals surface area contributed by atoms with Crippen LogP contribution >= 0.6 is 0 Å². The Labute approximate surface area is 115 Å². The first-order valence-electron chi connectivity index (χ1n) is 6.60. The van der Waals surface area contributed by atoms with E-state index in [1.807, 2.05) is 6.92 Å². The molecule has 1 atom stereocenters. The van der Waals surface area contributed by atoms with E-state index in [1.54, 1.807) is 7.11 Å². The molecule has 0 radical (unpaired) electrons. The Morgan fingerprint density at radius 3 is 2.16 bits per heavy atom. The summed E-state index contributed by atoms with van der Waals surface area (Å²) in [7, 11) is 1.68. The number of nitrogens with two attached hydrogens (primary N) is 1. The standard InChI is InChI=1S/C14H26N4O/c1-8(2)10-9(3)16-13(17-12(10)18-15)11(19-7)14(4,5)6/h8,11H,15H2,1-7H3,(H,16,17,18). The third kappa shape index (κ3) is 3.42. The molecule has 108 valence electrons. The van der Waals surface area contributed by atoms with Crippen LogP contribution in [0.5, 0.6) is 0 Å². The molecule has 5 nitrogen and oxygen atoms in total. The molecule has 0 bridgehead atoms. The van der Waals surface area contributed by atoms with E-state index in [4.69, 9.17) is 10.6 Å². The van der Waals surface area contributed by atoms with E-state index in [2.05, 4.69) is 50.0 Å². The van der Waals surface area contributed by atoms with Gasteiger partial charge < -0.3 is 10.2 Å². The molecular weight excluding hydrogens is 240 g/mol. The molecule has 1 unspecified atom stereocenters. The molecule has 0 aliphatic rings. The SMILES string of the molecule is COC(c1nc(C)c(C(C)C)c(NN)n1)C(C)(C)C. The number of nitrogens with one attached hydrogen (secondary N) is 1. The minimum atomic E-state index is -0.167. The summed E-state index contributed by atoms with van der Waals surface area (Å²) in [5.41, 5.74) is 4.60. The first-order valence-corrected chi connectivity index (χ1v) is 6.60. The number of hydrogen-bond acceptors (Lipinski definition) is 5. The van der Waals surface area contributed by atoms with Crippen LogP contribution in [0.15, 0.2) is 0 Å². The molecule has 0 saturated carbocycles. The molecule has 19 heavy (non-hydrogen) atoms. The zero-order valence-electron chi connectivity index (χ0n) is 13.0. The van der Waals surface area contributed by atoms with Gasteiger partial charge in [0, 0.05) is 18.4 Å². The van der Waals surface area contributed by atoms with Crippen LogP contribution in [-0.4, -0.2) is 17.1 Å². The maximum Gasteiger partial charge on any atom is 0.160 e. The maximum absolute atomic E-state index is 5.60. The highest BCUT2D eigenvalue weighted by atomic mass is 16.5. The lowest BCUT2D eigenvalue weighted by Gasteiger charge is -2.29. The lowest BCUT2D eigenvalue weighted by atomic mass is 9.88. The number of anilines is 1. The zero-order chi connectivity index (χ0) is 14.8. The van der Waals surface area contributed by atoms with E-state index < -0.39 is 0 Å². The Bertz CT molecular complexity index is 438. The van der Waals surface area contributed by atoms with Crippen molar-refractivity contribution in [3.8, 4) is 0 Å². The summed E-state index contributed by atoms with van der Waals surface area (Å²) >= 11 is 0. The molecule has 1 rings (SSSR count). The van der Waals surface area contributed by atoms with Crippen molar-refractivity contribution in [1.82, 2.24) is 9.97 Å². The number of nitrogens with zero attached hydrogens (tertiary/aromatic N) is 2.